The Bertz CT molecular complexity index is 169. The number of hydrogen-bond donors (Lipinski definition) is 1. The van der Waals surface area contributed by atoms with Crippen molar-refractivity contribution in [1.29, 1.82) is 0 Å². The fraction of sp³-hybridized carbons (Fsp3) is 0.700. The van der Waals surface area contributed by atoms with E-state index in [0.29, 0.717) is 19.4 Å². The molecule has 0 aromatic heterocycles. The second-order valence-corrected chi connectivity index (χ2v) is 3.00. The summed E-state index contributed by atoms with van der Waals surface area (Å²) in [5, 5.41) is 0. The van der Waals surface area contributed by atoms with E-state index in [-0.39, 0.29) is 11.7 Å². The van der Waals surface area contributed by atoms with Gasteiger partial charge < -0.3 is 5.73 Å². The van der Waals surface area contributed by atoms with E-state index in [1.54, 1.807) is 0 Å². The first-order valence-electron chi connectivity index (χ1n) is 4.38. The Hall–Kier alpha value is -0.810. The molecule has 0 fully saturated rings. The van der Waals surface area contributed by atoms with Crippen LogP contribution in [0.1, 0.15) is 32.6 Å². The van der Waals surface area contributed by atoms with E-state index in [2.05, 4.69) is 5.92 Å². The van der Waals surface area contributed by atoms with Gasteiger partial charge in [0, 0.05) is 18.8 Å². The summed E-state index contributed by atoms with van der Waals surface area (Å²) in [7, 11) is 0. The summed E-state index contributed by atoms with van der Waals surface area (Å²) in [6.45, 7) is 2.60. The molecule has 12 heavy (non-hydrogen) atoms. The largest absolute Gasteiger partial charge is 0.330 e. The number of Topliss-reactive ketones (excluding diaryl/α,β-unsaturated/α-hetero) is 1. The lowest BCUT2D eigenvalue weighted by Gasteiger charge is -2.07. The molecule has 0 aliphatic rings. The minimum atomic E-state index is 0.127. The molecule has 0 spiro atoms. The van der Waals surface area contributed by atoms with Crippen molar-refractivity contribution in [2.45, 2.75) is 32.6 Å². The van der Waals surface area contributed by atoms with Crippen molar-refractivity contribution in [2.24, 2.45) is 11.7 Å². The summed E-state index contributed by atoms with van der Waals surface area (Å²) in [5.74, 6) is 2.86. The zero-order valence-corrected chi connectivity index (χ0v) is 7.68. The monoisotopic (exact) mass is 167 g/mol. The second kappa shape index (κ2) is 6.87. The highest BCUT2D eigenvalue weighted by Gasteiger charge is 2.10. The lowest BCUT2D eigenvalue weighted by Crippen LogP contribution is -2.12. The van der Waals surface area contributed by atoms with Crippen LogP contribution in [-0.2, 0) is 4.79 Å². The molecule has 2 heteroatoms. The van der Waals surface area contributed by atoms with Gasteiger partial charge in [-0.05, 0) is 19.4 Å². The van der Waals surface area contributed by atoms with E-state index in [1.807, 2.05) is 6.92 Å². The topological polar surface area (TPSA) is 43.1 Å². The molecule has 1 atom stereocenters. The van der Waals surface area contributed by atoms with Crippen LogP contribution in [0.4, 0.5) is 0 Å². The van der Waals surface area contributed by atoms with E-state index in [9.17, 15) is 4.79 Å². The first-order valence-corrected chi connectivity index (χ1v) is 4.38. The summed E-state index contributed by atoms with van der Waals surface area (Å²) in [4.78, 5) is 11.3. The Morgan fingerprint density at radius 1 is 1.67 bits per heavy atom. The summed E-state index contributed by atoms with van der Waals surface area (Å²) >= 11 is 0. The number of carbonyl (C=O) groups excluding carboxylic acids is 1. The highest BCUT2D eigenvalue weighted by atomic mass is 16.1. The molecule has 0 saturated heterocycles. The molecule has 0 aliphatic carbocycles. The Kier molecular flexibility index (Phi) is 6.41. The number of hydrogen-bond acceptors (Lipinski definition) is 2. The molecular formula is C10H17NO. The Morgan fingerprint density at radius 3 is 2.83 bits per heavy atom. The van der Waals surface area contributed by atoms with E-state index in [0.717, 1.165) is 12.8 Å². The van der Waals surface area contributed by atoms with E-state index >= 15 is 0 Å². The van der Waals surface area contributed by atoms with Gasteiger partial charge in [-0.1, -0.05) is 6.92 Å². The molecule has 2 N–H and O–H groups in total. The smallest absolute Gasteiger partial charge is 0.136 e. The third-order valence-corrected chi connectivity index (χ3v) is 1.91. The van der Waals surface area contributed by atoms with Crippen LogP contribution in [0.15, 0.2) is 0 Å². The fourth-order valence-electron chi connectivity index (χ4n) is 1.03. The van der Waals surface area contributed by atoms with Crippen LogP contribution in [0.5, 0.6) is 0 Å². The summed E-state index contributed by atoms with van der Waals surface area (Å²) < 4.78 is 0. The molecule has 0 radical (unpaired) electrons. The first-order chi connectivity index (χ1) is 5.72. The molecule has 2 nitrogen and oxygen atoms in total. The fourth-order valence-corrected chi connectivity index (χ4v) is 1.03. The molecule has 0 aromatic rings. The third kappa shape index (κ3) is 4.92. The van der Waals surface area contributed by atoms with Crippen molar-refractivity contribution in [1.82, 2.24) is 0 Å². The van der Waals surface area contributed by atoms with Crippen molar-refractivity contribution in [3.8, 4) is 12.3 Å². The SMILES string of the molecule is C#CCCC(=O)C(C)CCCN. The maximum absolute atomic E-state index is 11.3. The maximum atomic E-state index is 11.3. The molecule has 0 saturated carbocycles. The van der Waals surface area contributed by atoms with Crippen LogP contribution in [-0.4, -0.2) is 12.3 Å². The van der Waals surface area contributed by atoms with Crippen molar-refractivity contribution in [2.75, 3.05) is 6.54 Å². The molecule has 0 bridgehead atoms. The maximum Gasteiger partial charge on any atom is 0.136 e. The minimum Gasteiger partial charge on any atom is -0.330 e. The quantitative estimate of drug-likeness (QED) is 0.607. The van der Waals surface area contributed by atoms with E-state index in [1.165, 1.54) is 0 Å². The Labute approximate surface area is 74.5 Å². The lowest BCUT2D eigenvalue weighted by molar-refractivity contribution is -0.122. The predicted molar refractivity (Wildman–Crippen MR) is 50.5 cm³/mol. The van der Waals surface area contributed by atoms with Gasteiger partial charge in [0.15, 0.2) is 0 Å². The van der Waals surface area contributed by atoms with Gasteiger partial charge in [0.1, 0.15) is 5.78 Å². The van der Waals surface area contributed by atoms with Crippen LogP contribution in [0.2, 0.25) is 0 Å². The van der Waals surface area contributed by atoms with Crippen molar-refractivity contribution < 1.29 is 4.79 Å². The van der Waals surface area contributed by atoms with Gasteiger partial charge >= 0.3 is 0 Å². The molecule has 0 heterocycles. The molecular weight excluding hydrogens is 150 g/mol. The molecule has 1 unspecified atom stereocenters. The Morgan fingerprint density at radius 2 is 2.33 bits per heavy atom. The number of nitrogens with two attached hydrogens (primary N) is 1. The van der Waals surface area contributed by atoms with Crippen molar-refractivity contribution in [3.05, 3.63) is 0 Å². The average Bonchev–Trinajstić information content (AvgIpc) is 2.10. The number of rotatable bonds is 6. The second-order valence-electron chi connectivity index (χ2n) is 3.00. The number of carbonyl (C=O) groups is 1. The third-order valence-electron chi connectivity index (χ3n) is 1.91. The van der Waals surface area contributed by atoms with Gasteiger partial charge in [0.05, 0.1) is 0 Å². The summed E-state index contributed by atoms with van der Waals surface area (Å²) in [6, 6.07) is 0. The minimum absolute atomic E-state index is 0.127. The molecule has 0 rings (SSSR count). The van der Waals surface area contributed by atoms with Crippen molar-refractivity contribution in [3.63, 3.8) is 0 Å². The molecule has 0 amide bonds. The van der Waals surface area contributed by atoms with Crippen LogP contribution in [0.25, 0.3) is 0 Å². The van der Waals surface area contributed by atoms with Crippen LogP contribution in [0.3, 0.4) is 0 Å². The van der Waals surface area contributed by atoms with Gasteiger partial charge in [-0.2, -0.15) is 0 Å². The van der Waals surface area contributed by atoms with Crippen LogP contribution >= 0.6 is 0 Å². The number of ketones is 1. The highest BCUT2D eigenvalue weighted by molar-refractivity contribution is 5.80. The highest BCUT2D eigenvalue weighted by Crippen LogP contribution is 2.09. The summed E-state index contributed by atoms with van der Waals surface area (Å²) in [5.41, 5.74) is 5.33. The van der Waals surface area contributed by atoms with Crippen LogP contribution < -0.4 is 5.73 Å². The average molecular weight is 167 g/mol. The lowest BCUT2D eigenvalue weighted by atomic mass is 9.97. The van der Waals surface area contributed by atoms with Gasteiger partial charge in [-0.25, -0.2) is 0 Å². The van der Waals surface area contributed by atoms with Gasteiger partial charge in [0.25, 0.3) is 0 Å². The van der Waals surface area contributed by atoms with Gasteiger partial charge in [0.2, 0.25) is 0 Å². The van der Waals surface area contributed by atoms with E-state index in [4.69, 9.17) is 12.2 Å². The molecule has 0 aromatic carbocycles. The number of terminal acetylenes is 1. The molecule has 0 aliphatic heterocycles. The normalized spacial score (nSPS) is 12.1. The Balaban J connectivity index is 3.55. The van der Waals surface area contributed by atoms with Crippen LogP contribution in [0, 0.1) is 18.3 Å². The predicted octanol–water partition coefficient (Wildman–Crippen LogP) is 1.34. The molecule has 68 valence electrons. The zero-order valence-electron chi connectivity index (χ0n) is 7.68. The standard InChI is InChI=1S/C10H17NO/c1-3-4-7-10(12)9(2)6-5-8-11/h1,9H,4-8,11H2,2H3. The first kappa shape index (κ1) is 11.2. The van der Waals surface area contributed by atoms with Gasteiger partial charge in [-0.15, -0.1) is 12.3 Å². The van der Waals surface area contributed by atoms with Crippen molar-refractivity contribution >= 4 is 5.78 Å². The summed E-state index contributed by atoms with van der Waals surface area (Å²) in [6.07, 6.45) is 7.94. The van der Waals surface area contributed by atoms with E-state index < -0.39 is 0 Å². The van der Waals surface area contributed by atoms with Gasteiger partial charge in [-0.3, -0.25) is 4.79 Å². The zero-order chi connectivity index (χ0) is 9.40.